The number of ether oxygens (including phenoxy) is 1. The van der Waals surface area contributed by atoms with Crippen LogP contribution in [0.2, 0.25) is 0 Å². The van der Waals surface area contributed by atoms with Crippen molar-refractivity contribution in [1.82, 2.24) is 25.0 Å². The molecule has 4 aromatic rings. The lowest BCUT2D eigenvalue weighted by atomic mass is 10.0. The summed E-state index contributed by atoms with van der Waals surface area (Å²) in [5.41, 5.74) is 2.89. The van der Waals surface area contributed by atoms with Gasteiger partial charge in [0.25, 0.3) is 0 Å². The molecule has 2 fully saturated rings. The topological polar surface area (TPSA) is 75.1 Å². The highest BCUT2D eigenvalue weighted by atomic mass is 32.2. The molecule has 1 N–H and O–H groups in total. The van der Waals surface area contributed by atoms with Crippen LogP contribution in [-0.4, -0.2) is 63.1 Å². The fourth-order valence-corrected chi connectivity index (χ4v) is 5.72. The van der Waals surface area contributed by atoms with Crippen LogP contribution >= 0.6 is 11.9 Å². The number of anilines is 2. The van der Waals surface area contributed by atoms with Crippen molar-refractivity contribution >= 4 is 34.5 Å². The lowest BCUT2D eigenvalue weighted by Crippen LogP contribution is -2.44. The Morgan fingerprint density at radius 3 is 2.85 bits per heavy atom. The van der Waals surface area contributed by atoms with Gasteiger partial charge in [0.2, 0.25) is 0 Å². The summed E-state index contributed by atoms with van der Waals surface area (Å²) in [5.74, 6) is 2.32. The molecule has 5 heterocycles. The van der Waals surface area contributed by atoms with Crippen molar-refractivity contribution in [3.8, 4) is 16.9 Å². The summed E-state index contributed by atoms with van der Waals surface area (Å²) in [4.78, 5) is 7.18. The largest absolute Gasteiger partial charge is 0.377 e. The minimum absolute atomic E-state index is 0.165. The average Bonchev–Trinajstić information content (AvgIpc) is 3.54. The molecule has 8 nitrogen and oxygen atoms in total. The Bertz CT molecular complexity index is 1300. The molecule has 0 bridgehead atoms. The molecule has 0 spiro atoms. The Balaban J connectivity index is 1.49. The minimum atomic E-state index is -0.244. The summed E-state index contributed by atoms with van der Waals surface area (Å²) in [6.07, 6.45) is 5.77. The van der Waals surface area contributed by atoms with E-state index >= 15 is 4.39 Å². The molecule has 1 aromatic carbocycles. The first-order valence-electron chi connectivity index (χ1n) is 11.6. The van der Waals surface area contributed by atoms with Crippen LogP contribution in [0.3, 0.4) is 0 Å². The number of H-pyrrole nitrogens is 1. The Labute approximate surface area is 201 Å². The van der Waals surface area contributed by atoms with E-state index in [9.17, 15) is 0 Å². The zero-order valence-electron chi connectivity index (χ0n) is 18.9. The summed E-state index contributed by atoms with van der Waals surface area (Å²) in [5, 5.41) is 12.3. The number of morpholine rings is 1. The second-order valence-corrected chi connectivity index (χ2v) is 9.79. The van der Waals surface area contributed by atoms with Gasteiger partial charge in [0, 0.05) is 47.1 Å². The number of aromatic nitrogens is 5. The lowest BCUT2D eigenvalue weighted by molar-refractivity contribution is 0.0985. The van der Waals surface area contributed by atoms with Gasteiger partial charge in [-0.2, -0.15) is 14.9 Å². The first kappa shape index (κ1) is 21.4. The van der Waals surface area contributed by atoms with Crippen LogP contribution in [0.1, 0.15) is 19.8 Å². The van der Waals surface area contributed by atoms with Crippen molar-refractivity contribution < 1.29 is 9.13 Å². The van der Waals surface area contributed by atoms with E-state index in [-0.39, 0.29) is 11.9 Å². The molecule has 2 saturated heterocycles. The summed E-state index contributed by atoms with van der Waals surface area (Å²) < 4.78 is 25.2. The zero-order valence-corrected chi connectivity index (χ0v) is 19.8. The zero-order chi connectivity index (χ0) is 23.1. The molecule has 0 amide bonds. The minimum Gasteiger partial charge on any atom is -0.377 e. The summed E-state index contributed by atoms with van der Waals surface area (Å²) in [7, 11) is 0. The number of pyridine rings is 1. The van der Waals surface area contributed by atoms with Gasteiger partial charge in [0.1, 0.15) is 11.6 Å². The molecule has 1 atom stereocenters. The van der Waals surface area contributed by atoms with Crippen LogP contribution in [0.5, 0.6) is 0 Å². The summed E-state index contributed by atoms with van der Waals surface area (Å²) in [6, 6.07) is 9.53. The van der Waals surface area contributed by atoms with Gasteiger partial charge in [-0.15, -0.1) is 0 Å². The first-order chi connectivity index (χ1) is 16.7. The predicted molar refractivity (Wildman–Crippen MR) is 133 cm³/mol. The van der Waals surface area contributed by atoms with Crippen LogP contribution in [0.4, 0.5) is 15.9 Å². The fraction of sp³-hybridized carbons (Fsp3) is 0.375. The van der Waals surface area contributed by atoms with Crippen LogP contribution < -0.4 is 9.21 Å². The van der Waals surface area contributed by atoms with E-state index in [1.807, 2.05) is 24.3 Å². The number of nitrogens with zero attached hydrogens (tertiary/aromatic N) is 6. The molecule has 0 radical (unpaired) electrons. The molecule has 2 aliphatic rings. The number of rotatable bonds is 4. The third-order valence-corrected chi connectivity index (χ3v) is 7.61. The molecular weight excluding hydrogens is 453 g/mol. The van der Waals surface area contributed by atoms with E-state index in [1.54, 1.807) is 35.1 Å². The Kier molecular flexibility index (Phi) is 5.62. The van der Waals surface area contributed by atoms with E-state index in [4.69, 9.17) is 9.72 Å². The van der Waals surface area contributed by atoms with Crippen LogP contribution in [0, 0.1) is 5.82 Å². The van der Waals surface area contributed by atoms with Crippen molar-refractivity contribution in [1.29, 1.82) is 0 Å². The smallest absolute Gasteiger partial charge is 0.167 e. The van der Waals surface area contributed by atoms with Gasteiger partial charge < -0.3 is 13.9 Å². The van der Waals surface area contributed by atoms with Gasteiger partial charge >= 0.3 is 0 Å². The quantitative estimate of drug-likeness (QED) is 0.434. The molecule has 0 aliphatic carbocycles. The Morgan fingerprint density at radius 2 is 2.09 bits per heavy atom. The number of benzene rings is 1. The van der Waals surface area contributed by atoms with Gasteiger partial charge in [-0.1, -0.05) is 0 Å². The number of halogens is 1. The Morgan fingerprint density at radius 1 is 1.15 bits per heavy atom. The van der Waals surface area contributed by atoms with Gasteiger partial charge in [0.15, 0.2) is 11.5 Å². The molecule has 2 aliphatic heterocycles. The number of hydrogen-bond acceptors (Lipinski definition) is 7. The standard InChI is InChI=1S/C24H26FN7OS/c1-16-15-33-10-9-30(16)23-13-19(20-14-27-32(24(20)28-23)22-6-7-26-29-22)18-5-4-17(12-21(18)25)31-8-2-3-11-34-31/h4-7,12-14,16H,2-3,8-11,15H2,1H3,(H,26,29)/t16-/m1/s1. The number of fused-ring (bicyclic) bond motifs is 1. The van der Waals surface area contributed by atoms with Crippen molar-refractivity contribution in [2.24, 2.45) is 0 Å². The molecule has 34 heavy (non-hydrogen) atoms. The van der Waals surface area contributed by atoms with Crippen molar-refractivity contribution in [2.75, 3.05) is 41.3 Å². The highest BCUT2D eigenvalue weighted by Crippen LogP contribution is 2.37. The summed E-state index contributed by atoms with van der Waals surface area (Å²) in [6.45, 7) is 5.05. The SMILES string of the molecule is C[C@@H]1COCCN1c1cc(-c2ccc(N3CCCCS3)cc2F)c2cnn(-c3ccn[nH]3)c2n1. The van der Waals surface area contributed by atoms with Crippen molar-refractivity contribution in [3.05, 3.63) is 48.5 Å². The van der Waals surface area contributed by atoms with E-state index < -0.39 is 0 Å². The molecule has 6 rings (SSSR count). The van der Waals surface area contributed by atoms with Gasteiger partial charge in [0.05, 0.1) is 31.6 Å². The maximum absolute atomic E-state index is 15.6. The van der Waals surface area contributed by atoms with Gasteiger partial charge in [-0.05, 0) is 56.0 Å². The molecule has 10 heteroatoms. The normalized spacial score (nSPS) is 19.2. The lowest BCUT2D eigenvalue weighted by Gasteiger charge is -2.34. The van der Waals surface area contributed by atoms with E-state index in [0.29, 0.717) is 30.2 Å². The van der Waals surface area contributed by atoms with Crippen LogP contribution in [-0.2, 0) is 4.74 Å². The maximum atomic E-state index is 15.6. The van der Waals surface area contributed by atoms with E-state index in [2.05, 4.69) is 31.4 Å². The number of hydrogen-bond donors (Lipinski definition) is 1. The van der Waals surface area contributed by atoms with E-state index in [0.717, 1.165) is 47.7 Å². The molecule has 0 saturated carbocycles. The monoisotopic (exact) mass is 479 g/mol. The first-order valence-corrected chi connectivity index (χ1v) is 12.6. The number of nitrogens with one attached hydrogen (secondary N) is 1. The van der Waals surface area contributed by atoms with Crippen LogP contribution in [0.25, 0.3) is 28.0 Å². The maximum Gasteiger partial charge on any atom is 0.167 e. The number of aromatic amines is 1. The third-order valence-electron chi connectivity index (χ3n) is 6.44. The predicted octanol–water partition coefficient (Wildman–Crippen LogP) is 4.42. The molecule has 3 aromatic heterocycles. The molecule has 0 unspecified atom stereocenters. The van der Waals surface area contributed by atoms with Crippen molar-refractivity contribution in [3.63, 3.8) is 0 Å². The Hall–Kier alpha value is -3.11. The molecular formula is C24H26FN7OS. The second kappa shape index (κ2) is 8.92. The highest BCUT2D eigenvalue weighted by molar-refractivity contribution is 8.00. The highest BCUT2D eigenvalue weighted by Gasteiger charge is 2.24. The van der Waals surface area contributed by atoms with Gasteiger partial charge in [-0.3, -0.25) is 5.10 Å². The van der Waals surface area contributed by atoms with E-state index in [1.165, 1.54) is 6.42 Å². The van der Waals surface area contributed by atoms with Gasteiger partial charge in [-0.25, -0.2) is 9.37 Å². The molecule has 176 valence electrons. The second-order valence-electron chi connectivity index (χ2n) is 8.69. The van der Waals surface area contributed by atoms with Crippen molar-refractivity contribution in [2.45, 2.75) is 25.8 Å². The fourth-order valence-electron chi connectivity index (χ4n) is 4.65. The summed E-state index contributed by atoms with van der Waals surface area (Å²) >= 11 is 1.77. The average molecular weight is 480 g/mol. The van der Waals surface area contributed by atoms with Crippen LogP contribution in [0.15, 0.2) is 42.7 Å². The third kappa shape index (κ3) is 3.80.